The second-order valence-corrected chi connectivity index (χ2v) is 3.31. The molecule has 1 atom stereocenters. The number of hydrogen-bond donors (Lipinski definition) is 1. The number of aryl methyl sites for hydroxylation is 1. The van der Waals surface area contributed by atoms with E-state index in [1.807, 2.05) is 6.92 Å². The Morgan fingerprint density at radius 2 is 2.14 bits per heavy atom. The highest BCUT2D eigenvalue weighted by molar-refractivity contribution is 5.75. The van der Waals surface area contributed by atoms with Crippen LogP contribution in [0.1, 0.15) is 30.9 Å². The van der Waals surface area contributed by atoms with E-state index in [0.717, 1.165) is 5.56 Å². The highest BCUT2D eigenvalue weighted by Crippen LogP contribution is 2.19. The Kier molecular flexibility index (Phi) is 3.23. The van der Waals surface area contributed by atoms with Crippen LogP contribution in [-0.4, -0.2) is 11.1 Å². The summed E-state index contributed by atoms with van der Waals surface area (Å²) in [6, 6.07) is 4.44. The average Bonchev–Trinajstić information content (AvgIpc) is 2.15. The van der Waals surface area contributed by atoms with E-state index in [1.54, 1.807) is 13.0 Å². The molecule has 0 bridgehead atoms. The van der Waals surface area contributed by atoms with E-state index in [1.165, 1.54) is 12.1 Å². The van der Waals surface area contributed by atoms with Gasteiger partial charge in [-0.1, -0.05) is 13.0 Å². The van der Waals surface area contributed by atoms with Crippen LogP contribution in [0, 0.1) is 5.82 Å². The van der Waals surface area contributed by atoms with E-state index in [2.05, 4.69) is 0 Å². The predicted molar refractivity (Wildman–Crippen MR) is 51.8 cm³/mol. The van der Waals surface area contributed by atoms with Crippen molar-refractivity contribution in [1.82, 2.24) is 0 Å². The molecule has 1 aromatic carbocycles. The zero-order valence-corrected chi connectivity index (χ0v) is 8.25. The predicted octanol–water partition coefficient (Wildman–Crippen LogP) is 2.58. The van der Waals surface area contributed by atoms with Crippen molar-refractivity contribution in [2.24, 2.45) is 0 Å². The van der Waals surface area contributed by atoms with E-state index in [9.17, 15) is 9.18 Å². The largest absolute Gasteiger partial charge is 0.481 e. The van der Waals surface area contributed by atoms with Gasteiger partial charge in [0.2, 0.25) is 0 Å². The van der Waals surface area contributed by atoms with Crippen molar-refractivity contribution in [3.8, 4) is 0 Å². The van der Waals surface area contributed by atoms with Crippen molar-refractivity contribution >= 4 is 5.97 Å². The number of carboxylic acid groups (broad SMARTS) is 1. The lowest BCUT2D eigenvalue weighted by molar-refractivity contribution is -0.138. The molecular formula is C11H13FO2. The molecule has 76 valence electrons. The quantitative estimate of drug-likeness (QED) is 0.806. The van der Waals surface area contributed by atoms with Gasteiger partial charge in [0.15, 0.2) is 0 Å². The van der Waals surface area contributed by atoms with Crippen LogP contribution in [0.25, 0.3) is 0 Å². The number of aliphatic carboxylic acids is 1. The molecule has 0 saturated carbocycles. The molecule has 2 nitrogen and oxygen atoms in total. The standard InChI is InChI=1S/C11H13FO2/c1-3-8-4-9(6-10(12)5-8)7(2)11(13)14/h4-7H,3H2,1-2H3,(H,13,14). The lowest BCUT2D eigenvalue weighted by Crippen LogP contribution is -2.08. The number of carboxylic acids is 1. The van der Waals surface area contributed by atoms with Crippen LogP contribution in [-0.2, 0) is 11.2 Å². The summed E-state index contributed by atoms with van der Waals surface area (Å²) in [5.41, 5.74) is 1.35. The van der Waals surface area contributed by atoms with Crippen LogP contribution >= 0.6 is 0 Å². The van der Waals surface area contributed by atoms with Crippen LogP contribution in [0.2, 0.25) is 0 Å². The first-order valence-corrected chi connectivity index (χ1v) is 4.56. The topological polar surface area (TPSA) is 37.3 Å². The van der Waals surface area contributed by atoms with Crippen molar-refractivity contribution in [2.75, 3.05) is 0 Å². The third-order valence-electron chi connectivity index (χ3n) is 2.26. The van der Waals surface area contributed by atoms with Gasteiger partial charge in [-0.2, -0.15) is 0 Å². The minimum Gasteiger partial charge on any atom is -0.481 e. The summed E-state index contributed by atoms with van der Waals surface area (Å²) in [5, 5.41) is 8.77. The summed E-state index contributed by atoms with van der Waals surface area (Å²) in [6.45, 7) is 3.46. The van der Waals surface area contributed by atoms with Crippen molar-refractivity contribution in [3.63, 3.8) is 0 Å². The van der Waals surface area contributed by atoms with Crippen LogP contribution in [0.15, 0.2) is 18.2 Å². The molecule has 3 heteroatoms. The van der Waals surface area contributed by atoms with Crippen LogP contribution in [0.3, 0.4) is 0 Å². The van der Waals surface area contributed by atoms with Crippen molar-refractivity contribution < 1.29 is 14.3 Å². The molecule has 1 rings (SSSR count). The molecule has 0 heterocycles. The van der Waals surface area contributed by atoms with Gasteiger partial charge in [-0.3, -0.25) is 4.79 Å². The fourth-order valence-corrected chi connectivity index (χ4v) is 1.27. The Morgan fingerprint density at radius 1 is 1.50 bits per heavy atom. The Balaban J connectivity index is 3.08. The van der Waals surface area contributed by atoms with E-state index in [4.69, 9.17) is 5.11 Å². The maximum absolute atomic E-state index is 13.0. The van der Waals surface area contributed by atoms with Gasteiger partial charge in [0.1, 0.15) is 5.82 Å². The number of rotatable bonds is 3. The highest BCUT2D eigenvalue weighted by atomic mass is 19.1. The number of benzene rings is 1. The molecule has 0 aliphatic heterocycles. The molecule has 1 aromatic rings. The fraction of sp³-hybridized carbons (Fsp3) is 0.364. The Morgan fingerprint density at radius 3 is 2.64 bits per heavy atom. The second-order valence-electron chi connectivity index (χ2n) is 3.31. The number of carbonyl (C=O) groups is 1. The van der Waals surface area contributed by atoms with Gasteiger partial charge in [-0.15, -0.1) is 0 Å². The van der Waals surface area contributed by atoms with E-state index < -0.39 is 11.9 Å². The first kappa shape index (κ1) is 10.7. The van der Waals surface area contributed by atoms with Gasteiger partial charge in [-0.25, -0.2) is 4.39 Å². The molecule has 0 spiro atoms. The minimum atomic E-state index is -0.933. The zero-order valence-electron chi connectivity index (χ0n) is 8.25. The molecule has 0 aromatic heterocycles. The third-order valence-corrected chi connectivity index (χ3v) is 2.26. The number of hydrogen-bond acceptors (Lipinski definition) is 1. The molecule has 0 fully saturated rings. The van der Waals surface area contributed by atoms with Gasteiger partial charge in [0, 0.05) is 0 Å². The van der Waals surface area contributed by atoms with Crippen molar-refractivity contribution in [1.29, 1.82) is 0 Å². The van der Waals surface area contributed by atoms with E-state index in [-0.39, 0.29) is 5.82 Å². The summed E-state index contributed by atoms with van der Waals surface area (Å²) in [6.07, 6.45) is 0.705. The maximum Gasteiger partial charge on any atom is 0.310 e. The van der Waals surface area contributed by atoms with E-state index >= 15 is 0 Å². The summed E-state index contributed by atoms with van der Waals surface area (Å²) in [7, 11) is 0. The average molecular weight is 196 g/mol. The normalized spacial score (nSPS) is 12.5. The monoisotopic (exact) mass is 196 g/mol. The molecule has 0 aliphatic carbocycles. The molecule has 0 radical (unpaired) electrons. The molecule has 1 unspecified atom stereocenters. The molecule has 14 heavy (non-hydrogen) atoms. The molecule has 1 N–H and O–H groups in total. The van der Waals surface area contributed by atoms with Gasteiger partial charge < -0.3 is 5.11 Å². The molecule has 0 amide bonds. The van der Waals surface area contributed by atoms with Gasteiger partial charge in [0.05, 0.1) is 5.92 Å². The van der Waals surface area contributed by atoms with Gasteiger partial charge >= 0.3 is 5.97 Å². The van der Waals surface area contributed by atoms with E-state index in [0.29, 0.717) is 12.0 Å². The minimum absolute atomic E-state index is 0.368. The van der Waals surface area contributed by atoms with Gasteiger partial charge in [0.25, 0.3) is 0 Å². The highest BCUT2D eigenvalue weighted by Gasteiger charge is 2.14. The summed E-state index contributed by atoms with van der Waals surface area (Å²) < 4.78 is 13.0. The first-order chi connectivity index (χ1) is 6.54. The molecule has 0 saturated heterocycles. The van der Waals surface area contributed by atoms with Crippen LogP contribution in [0.5, 0.6) is 0 Å². The van der Waals surface area contributed by atoms with Crippen molar-refractivity contribution in [3.05, 3.63) is 35.1 Å². The van der Waals surface area contributed by atoms with Crippen LogP contribution < -0.4 is 0 Å². The Labute approximate surface area is 82.4 Å². The molecule has 0 aliphatic rings. The lowest BCUT2D eigenvalue weighted by atomic mass is 9.98. The summed E-state index contributed by atoms with van der Waals surface area (Å²) in [4.78, 5) is 10.7. The van der Waals surface area contributed by atoms with Gasteiger partial charge in [-0.05, 0) is 36.6 Å². The lowest BCUT2D eigenvalue weighted by Gasteiger charge is -2.08. The molecular weight excluding hydrogens is 183 g/mol. The summed E-state index contributed by atoms with van der Waals surface area (Å²) in [5.74, 6) is -1.96. The fourth-order valence-electron chi connectivity index (χ4n) is 1.27. The Hall–Kier alpha value is -1.38. The maximum atomic E-state index is 13.0. The zero-order chi connectivity index (χ0) is 10.7. The Bertz CT molecular complexity index is 347. The van der Waals surface area contributed by atoms with Crippen LogP contribution in [0.4, 0.5) is 4.39 Å². The number of halogens is 1. The SMILES string of the molecule is CCc1cc(F)cc(C(C)C(=O)O)c1. The smallest absolute Gasteiger partial charge is 0.310 e. The first-order valence-electron chi connectivity index (χ1n) is 4.56. The van der Waals surface area contributed by atoms with Crippen molar-refractivity contribution in [2.45, 2.75) is 26.2 Å². The third kappa shape index (κ3) is 2.31. The summed E-state index contributed by atoms with van der Waals surface area (Å²) >= 11 is 0. The second kappa shape index (κ2) is 4.22.